The first-order valence-electron chi connectivity index (χ1n) is 8.19. The molecule has 2 aromatic rings. The summed E-state index contributed by atoms with van der Waals surface area (Å²) in [6, 6.07) is 10.7. The van der Waals surface area contributed by atoms with Crippen molar-refractivity contribution < 1.29 is 14.3 Å². The predicted octanol–water partition coefficient (Wildman–Crippen LogP) is 2.02. The maximum absolute atomic E-state index is 12.5. The van der Waals surface area contributed by atoms with Crippen molar-refractivity contribution in [3.63, 3.8) is 0 Å². The number of urea groups is 1. The molecule has 2 heterocycles. The van der Waals surface area contributed by atoms with E-state index in [9.17, 15) is 9.59 Å². The predicted molar refractivity (Wildman–Crippen MR) is 94.9 cm³/mol. The lowest BCUT2D eigenvalue weighted by molar-refractivity contribution is 0.0662. The Morgan fingerprint density at radius 2 is 1.64 bits per heavy atom. The number of nitrogens with one attached hydrogen (secondary N) is 1. The van der Waals surface area contributed by atoms with Gasteiger partial charge in [0.1, 0.15) is 11.4 Å². The molecular formula is C18H22N4O3. The second kappa shape index (κ2) is 7.29. The van der Waals surface area contributed by atoms with E-state index in [2.05, 4.69) is 5.32 Å². The van der Waals surface area contributed by atoms with Gasteiger partial charge in [-0.1, -0.05) is 0 Å². The van der Waals surface area contributed by atoms with E-state index in [1.807, 2.05) is 29.9 Å². The maximum atomic E-state index is 12.5. The van der Waals surface area contributed by atoms with Gasteiger partial charge in [-0.25, -0.2) is 4.79 Å². The SMILES string of the molecule is COc1ccc(NC(=O)N2CCN(C(=O)c3cccn3C)CC2)cc1. The van der Waals surface area contributed by atoms with Crippen LogP contribution in [0.2, 0.25) is 0 Å². The van der Waals surface area contributed by atoms with Gasteiger partial charge in [0.15, 0.2) is 0 Å². The van der Waals surface area contributed by atoms with Gasteiger partial charge >= 0.3 is 6.03 Å². The van der Waals surface area contributed by atoms with Gasteiger partial charge in [-0.05, 0) is 36.4 Å². The smallest absolute Gasteiger partial charge is 0.321 e. The summed E-state index contributed by atoms with van der Waals surface area (Å²) in [7, 11) is 3.45. The zero-order valence-corrected chi connectivity index (χ0v) is 14.4. The van der Waals surface area contributed by atoms with Gasteiger partial charge in [0, 0.05) is 45.1 Å². The fraction of sp³-hybridized carbons (Fsp3) is 0.333. The van der Waals surface area contributed by atoms with Gasteiger partial charge in [0.05, 0.1) is 7.11 Å². The van der Waals surface area contributed by atoms with E-state index in [1.54, 1.807) is 41.2 Å². The highest BCUT2D eigenvalue weighted by atomic mass is 16.5. The molecule has 0 atom stereocenters. The normalized spacial score (nSPS) is 14.3. The second-order valence-electron chi connectivity index (χ2n) is 5.94. The fourth-order valence-electron chi connectivity index (χ4n) is 2.83. The number of anilines is 1. The third kappa shape index (κ3) is 3.76. The highest BCUT2D eigenvalue weighted by Gasteiger charge is 2.25. The van der Waals surface area contributed by atoms with Crippen molar-refractivity contribution in [1.29, 1.82) is 0 Å². The molecule has 1 saturated heterocycles. The Hall–Kier alpha value is -2.96. The molecule has 1 aliphatic heterocycles. The Morgan fingerprint density at radius 3 is 2.20 bits per heavy atom. The standard InChI is InChI=1S/C18H22N4O3/c1-20-9-3-4-16(20)17(23)21-10-12-22(13-11-21)18(24)19-14-5-7-15(25-2)8-6-14/h3-9H,10-13H2,1-2H3,(H,19,24). The van der Waals surface area contributed by atoms with Crippen LogP contribution in [0.25, 0.3) is 0 Å². The number of rotatable bonds is 3. The van der Waals surface area contributed by atoms with E-state index >= 15 is 0 Å². The van der Waals surface area contributed by atoms with Crippen molar-refractivity contribution in [1.82, 2.24) is 14.4 Å². The number of aromatic nitrogens is 1. The Balaban J connectivity index is 1.53. The molecule has 0 saturated carbocycles. The van der Waals surface area contributed by atoms with Gasteiger partial charge in [0.25, 0.3) is 5.91 Å². The number of hydrogen-bond donors (Lipinski definition) is 1. The largest absolute Gasteiger partial charge is 0.497 e. The molecule has 0 unspecified atom stereocenters. The first kappa shape index (κ1) is 16.9. The molecule has 0 radical (unpaired) electrons. The van der Waals surface area contributed by atoms with E-state index in [1.165, 1.54) is 0 Å². The molecule has 132 valence electrons. The number of carbonyl (C=O) groups is 2. The maximum Gasteiger partial charge on any atom is 0.321 e. The van der Waals surface area contributed by atoms with Crippen LogP contribution >= 0.6 is 0 Å². The Morgan fingerprint density at radius 1 is 1.00 bits per heavy atom. The monoisotopic (exact) mass is 342 g/mol. The van der Waals surface area contributed by atoms with E-state index in [-0.39, 0.29) is 11.9 Å². The molecule has 3 rings (SSSR count). The van der Waals surface area contributed by atoms with Gasteiger partial charge < -0.3 is 24.4 Å². The van der Waals surface area contributed by atoms with E-state index in [0.29, 0.717) is 37.6 Å². The molecule has 7 heteroatoms. The number of ether oxygens (including phenoxy) is 1. The summed E-state index contributed by atoms with van der Waals surface area (Å²) < 4.78 is 6.91. The highest BCUT2D eigenvalue weighted by Crippen LogP contribution is 2.16. The van der Waals surface area contributed by atoms with Gasteiger partial charge in [-0.3, -0.25) is 4.79 Å². The summed E-state index contributed by atoms with van der Waals surface area (Å²) in [6.45, 7) is 2.08. The van der Waals surface area contributed by atoms with Crippen LogP contribution in [0.1, 0.15) is 10.5 Å². The van der Waals surface area contributed by atoms with Gasteiger partial charge in [-0.2, -0.15) is 0 Å². The van der Waals surface area contributed by atoms with Crippen LogP contribution in [0.15, 0.2) is 42.6 Å². The molecule has 25 heavy (non-hydrogen) atoms. The number of methoxy groups -OCH3 is 1. The number of benzene rings is 1. The number of hydrogen-bond acceptors (Lipinski definition) is 3. The van der Waals surface area contributed by atoms with Crippen LogP contribution in [-0.2, 0) is 7.05 Å². The third-order valence-corrected chi connectivity index (χ3v) is 4.36. The summed E-state index contributed by atoms with van der Waals surface area (Å²) in [5.74, 6) is 0.744. The molecule has 1 aromatic heterocycles. The van der Waals surface area contributed by atoms with E-state index in [0.717, 1.165) is 5.75 Å². The minimum Gasteiger partial charge on any atom is -0.497 e. The number of amides is 3. The summed E-state index contributed by atoms with van der Waals surface area (Å²) in [6.07, 6.45) is 1.85. The summed E-state index contributed by atoms with van der Waals surface area (Å²) in [4.78, 5) is 28.3. The van der Waals surface area contributed by atoms with Crippen molar-refractivity contribution in [2.45, 2.75) is 0 Å². The van der Waals surface area contributed by atoms with Crippen LogP contribution in [0.5, 0.6) is 5.75 Å². The summed E-state index contributed by atoms with van der Waals surface area (Å²) >= 11 is 0. The second-order valence-corrected chi connectivity index (χ2v) is 5.94. The van der Waals surface area contributed by atoms with Crippen molar-refractivity contribution in [2.24, 2.45) is 7.05 Å². The minimum atomic E-state index is -0.156. The number of piperazine rings is 1. The quantitative estimate of drug-likeness (QED) is 0.928. The number of nitrogens with zero attached hydrogens (tertiary/aromatic N) is 3. The molecule has 1 fully saturated rings. The molecule has 7 nitrogen and oxygen atoms in total. The highest BCUT2D eigenvalue weighted by molar-refractivity contribution is 5.93. The average Bonchev–Trinajstić information content (AvgIpc) is 3.08. The minimum absolute atomic E-state index is 0.00251. The van der Waals surface area contributed by atoms with Crippen molar-refractivity contribution >= 4 is 17.6 Å². The molecule has 1 aliphatic rings. The van der Waals surface area contributed by atoms with Crippen LogP contribution in [0.3, 0.4) is 0 Å². The molecule has 3 amide bonds. The van der Waals surface area contributed by atoms with Crippen LogP contribution in [0, 0.1) is 0 Å². The fourth-order valence-corrected chi connectivity index (χ4v) is 2.83. The summed E-state index contributed by atoms with van der Waals surface area (Å²) in [5.41, 5.74) is 1.38. The zero-order valence-electron chi connectivity index (χ0n) is 14.4. The molecule has 1 N–H and O–H groups in total. The Labute approximate surface area is 146 Å². The lowest BCUT2D eigenvalue weighted by Gasteiger charge is -2.34. The van der Waals surface area contributed by atoms with Crippen molar-refractivity contribution in [2.75, 3.05) is 38.6 Å². The first-order chi connectivity index (χ1) is 12.1. The van der Waals surface area contributed by atoms with Crippen LogP contribution in [-0.4, -0.2) is 59.6 Å². The Kier molecular flexibility index (Phi) is 4.92. The van der Waals surface area contributed by atoms with Crippen molar-refractivity contribution in [3.8, 4) is 5.75 Å². The van der Waals surface area contributed by atoms with Gasteiger partial charge in [-0.15, -0.1) is 0 Å². The number of aryl methyl sites for hydroxylation is 1. The lowest BCUT2D eigenvalue weighted by atomic mass is 10.2. The lowest BCUT2D eigenvalue weighted by Crippen LogP contribution is -2.51. The van der Waals surface area contributed by atoms with Crippen molar-refractivity contribution in [3.05, 3.63) is 48.3 Å². The molecule has 0 bridgehead atoms. The zero-order chi connectivity index (χ0) is 17.8. The molecule has 0 spiro atoms. The molecule has 1 aromatic carbocycles. The average molecular weight is 342 g/mol. The van der Waals surface area contributed by atoms with Crippen LogP contribution < -0.4 is 10.1 Å². The number of carbonyl (C=O) groups excluding carboxylic acids is 2. The Bertz CT molecular complexity index is 746. The summed E-state index contributed by atoms with van der Waals surface area (Å²) in [5, 5.41) is 2.87. The van der Waals surface area contributed by atoms with E-state index < -0.39 is 0 Å². The molecular weight excluding hydrogens is 320 g/mol. The first-order valence-corrected chi connectivity index (χ1v) is 8.19. The third-order valence-electron chi connectivity index (χ3n) is 4.36. The topological polar surface area (TPSA) is 66.8 Å². The van der Waals surface area contributed by atoms with E-state index in [4.69, 9.17) is 4.74 Å². The molecule has 0 aliphatic carbocycles. The van der Waals surface area contributed by atoms with Gasteiger partial charge in [0.2, 0.25) is 0 Å². The van der Waals surface area contributed by atoms with Crippen LogP contribution in [0.4, 0.5) is 10.5 Å².